The molecule has 0 aromatic carbocycles. The third-order valence-corrected chi connectivity index (χ3v) is 6.74. The number of carbonyl (C=O) groups excluding carboxylic acids is 1. The molecule has 1 saturated heterocycles. The van der Waals surface area contributed by atoms with Gasteiger partial charge in [-0.15, -0.1) is 0 Å². The molecule has 24 heavy (non-hydrogen) atoms. The number of carbonyl (C=O) groups is 2. The summed E-state index contributed by atoms with van der Waals surface area (Å²) in [6, 6.07) is 0. The molecule has 1 aliphatic heterocycles. The molecular weight excluding hydrogens is 358 g/mol. The maximum Gasteiger partial charge on any atom is 0.303 e. The van der Waals surface area contributed by atoms with Gasteiger partial charge < -0.3 is 16.6 Å². The molecule has 1 aliphatic rings. The first-order valence-corrected chi connectivity index (χ1v) is 10.4. The van der Waals surface area contributed by atoms with Crippen molar-refractivity contribution in [3.8, 4) is 0 Å². The third kappa shape index (κ3) is 9.80. The summed E-state index contributed by atoms with van der Waals surface area (Å²) in [7, 11) is 3.92. The van der Waals surface area contributed by atoms with Gasteiger partial charge in [-0.2, -0.15) is 0 Å². The second-order valence-electron chi connectivity index (χ2n) is 5.76. The average molecular weight is 387 g/mol. The van der Waals surface area contributed by atoms with Gasteiger partial charge in [0.2, 0.25) is 0 Å². The van der Waals surface area contributed by atoms with Gasteiger partial charge in [0.1, 0.15) is 5.54 Å². The molecule has 1 unspecified atom stereocenters. The van der Waals surface area contributed by atoms with Gasteiger partial charge in [-0.3, -0.25) is 9.59 Å². The Morgan fingerprint density at radius 1 is 1.33 bits per heavy atom. The van der Waals surface area contributed by atoms with Crippen LogP contribution < -0.4 is 11.5 Å². The van der Waals surface area contributed by atoms with Gasteiger partial charge in [0.05, 0.1) is 0 Å². The number of alkyl halides is 2. The molecule has 0 amide bonds. The van der Waals surface area contributed by atoms with Crippen LogP contribution in [0.2, 0.25) is 0 Å². The van der Waals surface area contributed by atoms with E-state index in [-0.39, 0.29) is 13.0 Å². The van der Waals surface area contributed by atoms with E-state index < -0.39 is 23.7 Å². The minimum absolute atomic E-state index is 0.0590. The van der Waals surface area contributed by atoms with Gasteiger partial charge in [-0.05, 0) is 45.6 Å². The highest BCUT2D eigenvalue weighted by atomic mass is 33.1. The molecule has 0 radical (unpaired) electrons. The van der Waals surface area contributed by atoms with Crippen LogP contribution in [0.3, 0.4) is 0 Å². The lowest BCUT2D eigenvalue weighted by Gasteiger charge is -2.24. The molecule has 0 saturated carbocycles. The molecule has 2 atom stereocenters. The highest BCUT2D eigenvalue weighted by Gasteiger charge is 2.39. The highest BCUT2D eigenvalue weighted by Crippen LogP contribution is 2.39. The lowest BCUT2D eigenvalue weighted by molar-refractivity contribution is -0.137. The van der Waals surface area contributed by atoms with Crippen LogP contribution in [0.15, 0.2) is 0 Å². The van der Waals surface area contributed by atoms with Crippen LogP contribution >= 0.6 is 21.6 Å². The number of hydrogen-bond donors (Lipinski definition) is 3. The Labute approximate surface area is 150 Å². The fraction of sp³-hybridized carbons (Fsp3) is 0.867. The largest absolute Gasteiger partial charge is 0.481 e. The SMILES string of the molecule is CC(=O)C(N)(CCCN)C(F)F.O=C(O)CCCC[C@@H]1CCSS1. The van der Waals surface area contributed by atoms with Crippen molar-refractivity contribution in [2.45, 2.75) is 69.1 Å². The fourth-order valence-corrected chi connectivity index (χ4v) is 5.07. The Balaban J connectivity index is 0.000000441. The van der Waals surface area contributed by atoms with Crippen LogP contribution in [0.5, 0.6) is 0 Å². The number of nitrogens with two attached hydrogens (primary N) is 2. The van der Waals surface area contributed by atoms with E-state index >= 15 is 0 Å². The lowest BCUT2D eigenvalue weighted by Crippen LogP contribution is -2.53. The monoisotopic (exact) mass is 386 g/mol. The molecule has 0 aromatic heterocycles. The minimum Gasteiger partial charge on any atom is -0.481 e. The molecule has 0 aliphatic carbocycles. The smallest absolute Gasteiger partial charge is 0.303 e. The van der Waals surface area contributed by atoms with Gasteiger partial charge in [0.25, 0.3) is 6.43 Å². The zero-order chi connectivity index (χ0) is 18.6. The number of carboxylic acids is 1. The second-order valence-corrected chi connectivity index (χ2v) is 8.55. The van der Waals surface area contributed by atoms with Gasteiger partial charge in [-0.25, -0.2) is 8.78 Å². The number of hydrogen-bond acceptors (Lipinski definition) is 6. The zero-order valence-corrected chi connectivity index (χ0v) is 15.6. The van der Waals surface area contributed by atoms with Crippen LogP contribution in [0.25, 0.3) is 0 Å². The van der Waals surface area contributed by atoms with Gasteiger partial charge in [-0.1, -0.05) is 28.0 Å². The van der Waals surface area contributed by atoms with E-state index in [1.807, 2.05) is 21.6 Å². The number of aliphatic carboxylic acids is 1. The molecule has 5 nitrogen and oxygen atoms in total. The average Bonchev–Trinajstić information content (AvgIpc) is 3.02. The molecule has 1 rings (SSSR count). The van der Waals surface area contributed by atoms with E-state index in [1.165, 1.54) is 18.6 Å². The quantitative estimate of drug-likeness (QED) is 0.391. The summed E-state index contributed by atoms with van der Waals surface area (Å²) < 4.78 is 24.5. The van der Waals surface area contributed by atoms with Crippen molar-refractivity contribution in [2.75, 3.05) is 12.3 Å². The van der Waals surface area contributed by atoms with Crippen molar-refractivity contribution in [2.24, 2.45) is 11.5 Å². The molecule has 1 fully saturated rings. The first-order valence-electron chi connectivity index (χ1n) is 8.02. The number of Topliss-reactive ketones (excluding diaryl/α,β-unsaturated/α-hetero) is 1. The second kappa shape index (κ2) is 12.9. The number of unbranched alkanes of at least 4 members (excludes halogenated alkanes) is 1. The van der Waals surface area contributed by atoms with Crippen molar-refractivity contribution < 1.29 is 23.5 Å². The van der Waals surface area contributed by atoms with Crippen LogP contribution in [0.4, 0.5) is 8.78 Å². The summed E-state index contributed by atoms with van der Waals surface area (Å²) in [5.74, 6) is -0.0803. The molecule has 1 heterocycles. The summed E-state index contributed by atoms with van der Waals surface area (Å²) in [6.45, 7) is 1.33. The Kier molecular flexibility index (Phi) is 12.7. The predicted octanol–water partition coefficient (Wildman–Crippen LogP) is 3.06. The molecule has 0 spiro atoms. The maximum atomic E-state index is 12.3. The molecule has 0 aromatic rings. The third-order valence-electron chi connectivity index (χ3n) is 3.73. The van der Waals surface area contributed by atoms with E-state index in [4.69, 9.17) is 16.6 Å². The van der Waals surface area contributed by atoms with E-state index in [0.29, 0.717) is 12.8 Å². The van der Waals surface area contributed by atoms with E-state index in [0.717, 1.165) is 25.0 Å². The van der Waals surface area contributed by atoms with Crippen LogP contribution in [0.1, 0.15) is 51.9 Å². The predicted molar refractivity (Wildman–Crippen MR) is 96.4 cm³/mol. The van der Waals surface area contributed by atoms with Crippen LogP contribution in [-0.4, -0.2) is 46.4 Å². The summed E-state index contributed by atoms with van der Waals surface area (Å²) in [5.41, 5.74) is 8.34. The zero-order valence-electron chi connectivity index (χ0n) is 14.0. The van der Waals surface area contributed by atoms with Crippen LogP contribution in [0, 0.1) is 0 Å². The number of carboxylic acid groups (broad SMARTS) is 1. The van der Waals surface area contributed by atoms with Crippen LogP contribution in [-0.2, 0) is 9.59 Å². The van der Waals surface area contributed by atoms with Crippen molar-refractivity contribution >= 4 is 33.3 Å². The normalized spacial score (nSPS) is 19.5. The summed E-state index contributed by atoms with van der Waals surface area (Å²) >= 11 is 0. The van der Waals surface area contributed by atoms with Gasteiger partial charge in [0.15, 0.2) is 5.78 Å². The number of ketones is 1. The Morgan fingerprint density at radius 3 is 2.42 bits per heavy atom. The first kappa shape index (κ1) is 23.6. The van der Waals surface area contributed by atoms with Crippen molar-refractivity contribution in [1.29, 1.82) is 0 Å². The van der Waals surface area contributed by atoms with Crippen molar-refractivity contribution in [3.63, 3.8) is 0 Å². The minimum atomic E-state index is -2.82. The van der Waals surface area contributed by atoms with Gasteiger partial charge >= 0.3 is 5.97 Å². The van der Waals surface area contributed by atoms with Crippen molar-refractivity contribution in [1.82, 2.24) is 0 Å². The molecule has 142 valence electrons. The standard InChI is InChI=1S/C8H14O2S2.C7H14F2N2O/c9-8(10)4-2-1-3-7-5-6-11-12-7;1-5(12)7(11,6(8)9)3-2-4-10/h7H,1-6H2,(H,9,10);6H,2-4,10-11H2,1H3/t7-;/m1./s1. The summed E-state index contributed by atoms with van der Waals surface area (Å²) in [6.07, 6.45) is 2.22. The fourth-order valence-electron chi connectivity index (χ4n) is 2.05. The van der Waals surface area contributed by atoms with E-state index in [9.17, 15) is 18.4 Å². The Bertz CT molecular complexity index is 384. The molecule has 9 heteroatoms. The van der Waals surface area contributed by atoms with E-state index in [1.54, 1.807) is 0 Å². The van der Waals surface area contributed by atoms with Gasteiger partial charge in [0, 0.05) is 17.4 Å². The van der Waals surface area contributed by atoms with E-state index in [2.05, 4.69) is 0 Å². The Morgan fingerprint density at radius 2 is 2.00 bits per heavy atom. The lowest BCUT2D eigenvalue weighted by atomic mass is 9.91. The Hall–Kier alpha value is -0.380. The summed E-state index contributed by atoms with van der Waals surface area (Å²) in [4.78, 5) is 21.0. The maximum absolute atomic E-state index is 12.3. The molecule has 5 N–H and O–H groups in total. The highest BCUT2D eigenvalue weighted by molar-refractivity contribution is 8.77. The molecular formula is C15H28F2N2O3S2. The number of halogens is 2. The van der Waals surface area contributed by atoms with Crippen molar-refractivity contribution in [3.05, 3.63) is 0 Å². The first-order chi connectivity index (χ1) is 11.2. The number of rotatable bonds is 10. The topological polar surface area (TPSA) is 106 Å². The molecule has 0 bridgehead atoms. The summed E-state index contributed by atoms with van der Waals surface area (Å²) in [5, 5.41) is 9.19.